The quantitative estimate of drug-likeness (QED) is 0.817. The van der Waals surface area contributed by atoms with E-state index in [0.29, 0.717) is 6.04 Å². The van der Waals surface area contributed by atoms with Gasteiger partial charge in [-0.25, -0.2) is 0 Å². The molecule has 0 radical (unpaired) electrons. The zero-order chi connectivity index (χ0) is 12.4. The predicted octanol–water partition coefficient (Wildman–Crippen LogP) is 2.61. The molecular formula is C13H15BrN4. The third kappa shape index (κ3) is 2.57. The van der Waals surface area contributed by atoms with Crippen molar-refractivity contribution in [2.75, 3.05) is 18.4 Å². The van der Waals surface area contributed by atoms with E-state index in [9.17, 15) is 0 Å². The molecule has 1 atom stereocenters. The summed E-state index contributed by atoms with van der Waals surface area (Å²) in [5.74, 6) is 0.915. The molecule has 1 aromatic heterocycles. The zero-order valence-corrected chi connectivity index (χ0v) is 11.5. The summed E-state index contributed by atoms with van der Waals surface area (Å²) in [6.45, 7) is 2.10. The van der Waals surface area contributed by atoms with Gasteiger partial charge in [-0.05, 0) is 25.1 Å². The maximum atomic E-state index is 4.31. The van der Waals surface area contributed by atoms with Crippen molar-refractivity contribution in [3.05, 3.63) is 34.8 Å². The SMILES string of the molecule is Brc1cccc(-c2cc(NC3CCNC3)n[nH]2)c1. The van der Waals surface area contributed by atoms with Crippen molar-refractivity contribution >= 4 is 21.7 Å². The lowest BCUT2D eigenvalue weighted by Crippen LogP contribution is -2.22. The van der Waals surface area contributed by atoms with Crippen LogP contribution < -0.4 is 10.6 Å². The minimum Gasteiger partial charge on any atom is -0.365 e. The standard InChI is InChI=1S/C13H15BrN4/c14-10-3-1-2-9(6-10)12-7-13(18-17-12)16-11-4-5-15-8-11/h1-3,6-7,11,15H,4-5,8H2,(H2,16,17,18). The molecule has 0 spiro atoms. The molecule has 1 saturated heterocycles. The Kier molecular flexibility index (Phi) is 3.34. The van der Waals surface area contributed by atoms with Crippen LogP contribution in [0.5, 0.6) is 0 Å². The van der Waals surface area contributed by atoms with E-state index >= 15 is 0 Å². The Morgan fingerprint density at radius 3 is 3.06 bits per heavy atom. The van der Waals surface area contributed by atoms with Gasteiger partial charge in [0.2, 0.25) is 0 Å². The van der Waals surface area contributed by atoms with Crippen LogP contribution in [-0.2, 0) is 0 Å². The molecule has 4 nitrogen and oxygen atoms in total. The molecule has 1 aromatic carbocycles. The van der Waals surface area contributed by atoms with Crippen molar-refractivity contribution in [1.82, 2.24) is 15.5 Å². The van der Waals surface area contributed by atoms with Crippen LogP contribution in [0.2, 0.25) is 0 Å². The normalized spacial score (nSPS) is 19.1. The third-order valence-corrected chi connectivity index (χ3v) is 3.62. The minimum atomic E-state index is 0.489. The molecule has 2 aromatic rings. The van der Waals surface area contributed by atoms with Gasteiger partial charge in [0, 0.05) is 28.7 Å². The number of aromatic nitrogens is 2. The fourth-order valence-electron chi connectivity index (χ4n) is 2.19. The highest BCUT2D eigenvalue weighted by Crippen LogP contribution is 2.23. The summed E-state index contributed by atoms with van der Waals surface area (Å²) in [7, 11) is 0. The largest absolute Gasteiger partial charge is 0.365 e. The first-order valence-electron chi connectivity index (χ1n) is 6.10. The van der Waals surface area contributed by atoms with Crippen molar-refractivity contribution in [2.24, 2.45) is 0 Å². The zero-order valence-electron chi connectivity index (χ0n) is 9.91. The second-order valence-corrected chi connectivity index (χ2v) is 5.43. The van der Waals surface area contributed by atoms with Crippen molar-refractivity contribution in [3.8, 4) is 11.3 Å². The highest BCUT2D eigenvalue weighted by molar-refractivity contribution is 9.10. The first kappa shape index (κ1) is 11.7. The average molecular weight is 307 g/mol. The van der Waals surface area contributed by atoms with Crippen molar-refractivity contribution in [2.45, 2.75) is 12.5 Å². The third-order valence-electron chi connectivity index (χ3n) is 3.13. The van der Waals surface area contributed by atoms with Gasteiger partial charge in [-0.1, -0.05) is 28.1 Å². The van der Waals surface area contributed by atoms with E-state index in [2.05, 4.69) is 55.0 Å². The van der Waals surface area contributed by atoms with E-state index in [0.717, 1.165) is 41.1 Å². The Balaban J connectivity index is 1.76. The number of hydrogen-bond acceptors (Lipinski definition) is 3. The van der Waals surface area contributed by atoms with Gasteiger partial charge in [-0.2, -0.15) is 5.10 Å². The van der Waals surface area contributed by atoms with Gasteiger partial charge in [0.05, 0.1) is 5.69 Å². The van der Waals surface area contributed by atoms with Crippen LogP contribution in [0, 0.1) is 0 Å². The van der Waals surface area contributed by atoms with Crippen LogP contribution in [0.1, 0.15) is 6.42 Å². The molecule has 0 saturated carbocycles. The lowest BCUT2D eigenvalue weighted by atomic mass is 10.1. The van der Waals surface area contributed by atoms with Crippen LogP contribution in [0.25, 0.3) is 11.3 Å². The van der Waals surface area contributed by atoms with Crippen LogP contribution in [0.3, 0.4) is 0 Å². The first-order chi connectivity index (χ1) is 8.81. The number of H-pyrrole nitrogens is 1. The highest BCUT2D eigenvalue weighted by atomic mass is 79.9. The molecule has 3 N–H and O–H groups in total. The van der Waals surface area contributed by atoms with Gasteiger partial charge in [0.25, 0.3) is 0 Å². The summed E-state index contributed by atoms with van der Waals surface area (Å²) >= 11 is 3.48. The Hall–Kier alpha value is -1.33. The summed E-state index contributed by atoms with van der Waals surface area (Å²) in [6.07, 6.45) is 1.15. The maximum Gasteiger partial charge on any atom is 0.148 e. The van der Waals surface area contributed by atoms with Crippen molar-refractivity contribution < 1.29 is 0 Å². The summed E-state index contributed by atoms with van der Waals surface area (Å²) < 4.78 is 1.07. The van der Waals surface area contributed by atoms with E-state index in [1.807, 2.05) is 12.1 Å². The molecule has 18 heavy (non-hydrogen) atoms. The van der Waals surface area contributed by atoms with E-state index in [4.69, 9.17) is 0 Å². The number of halogens is 1. The van der Waals surface area contributed by atoms with Gasteiger partial charge >= 0.3 is 0 Å². The molecular weight excluding hydrogens is 292 g/mol. The van der Waals surface area contributed by atoms with Crippen molar-refractivity contribution in [3.63, 3.8) is 0 Å². The molecule has 3 rings (SSSR count). The molecule has 94 valence electrons. The first-order valence-corrected chi connectivity index (χ1v) is 6.89. The minimum absolute atomic E-state index is 0.489. The molecule has 2 heterocycles. The Labute approximate surface area is 114 Å². The van der Waals surface area contributed by atoms with Crippen molar-refractivity contribution in [1.29, 1.82) is 0 Å². The lowest BCUT2D eigenvalue weighted by Gasteiger charge is -2.08. The maximum absolute atomic E-state index is 4.31. The number of benzene rings is 1. The monoisotopic (exact) mass is 306 g/mol. The summed E-state index contributed by atoms with van der Waals surface area (Å²) in [4.78, 5) is 0. The fraction of sp³-hybridized carbons (Fsp3) is 0.308. The topological polar surface area (TPSA) is 52.7 Å². The van der Waals surface area contributed by atoms with Gasteiger partial charge in [-0.15, -0.1) is 0 Å². The summed E-state index contributed by atoms with van der Waals surface area (Å²) in [5, 5.41) is 14.1. The fourth-order valence-corrected chi connectivity index (χ4v) is 2.59. The van der Waals surface area contributed by atoms with E-state index in [1.54, 1.807) is 0 Å². The van der Waals surface area contributed by atoms with Gasteiger partial charge in [0.15, 0.2) is 0 Å². The molecule has 0 amide bonds. The summed E-state index contributed by atoms with van der Waals surface area (Å²) in [6, 6.07) is 10.7. The Bertz CT molecular complexity index is 531. The molecule has 1 aliphatic heterocycles. The molecule has 0 aliphatic carbocycles. The second-order valence-electron chi connectivity index (χ2n) is 4.51. The average Bonchev–Trinajstić information content (AvgIpc) is 3.01. The van der Waals surface area contributed by atoms with Gasteiger partial charge in [0.1, 0.15) is 5.82 Å². The number of anilines is 1. The van der Waals surface area contributed by atoms with Gasteiger partial charge < -0.3 is 10.6 Å². The Morgan fingerprint density at radius 2 is 2.28 bits per heavy atom. The van der Waals surface area contributed by atoms with E-state index < -0.39 is 0 Å². The second kappa shape index (κ2) is 5.12. The molecule has 1 fully saturated rings. The number of nitrogens with zero attached hydrogens (tertiary/aromatic N) is 1. The van der Waals surface area contributed by atoms with Crippen LogP contribution >= 0.6 is 15.9 Å². The molecule has 0 bridgehead atoms. The smallest absolute Gasteiger partial charge is 0.148 e. The van der Waals surface area contributed by atoms with Crippen LogP contribution in [0.15, 0.2) is 34.8 Å². The van der Waals surface area contributed by atoms with E-state index in [1.165, 1.54) is 0 Å². The number of aromatic amines is 1. The number of rotatable bonds is 3. The van der Waals surface area contributed by atoms with E-state index in [-0.39, 0.29) is 0 Å². The molecule has 5 heteroatoms. The van der Waals surface area contributed by atoms with Crippen LogP contribution in [0.4, 0.5) is 5.82 Å². The Morgan fingerprint density at radius 1 is 1.33 bits per heavy atom. The summed E-state index contributed by atoms with van der Waals surface area (Å²) in [5.41, 5.74) is 2.17. The van der Waals surface area contributed by atoms with Crippen LogP contribution in [-0.4, -0.2) is 29.3 Å². The highest BCUT2D eigenvalue weighted by Gasteiger charge is 2.15. The number of nitrogens with one attached hydrogen (secondary N) is 3. The predicted molar refractivity (Wildman–Crippen MR) is 76.6 cm³/mol. The molecule has 1 unspecified atom stereocenters. The number of hydrogen-bond donors (Lipinski definition) is 3. The molecule has 1 aliphatic rings. The lowest BCUT2D eigenvalue weighted by molar-refractivity contribution is 0.786. The van der Waals surface area contributed by atoms with Gasteiger partial charge in [-0.3, -0.25) is 5.10 Å².